The number of para-hydroxylation sites is 1. The van der Waals surface area contributed by atoms with Crippen LogP contribution in [0.2, 0.25) is 0 Å². The van der Waals surface area contributed by atoms with Crippen molar-refractivity contribution in [3.63, 3.8) is 0 Å². The molecule has 0 bridgehead atoms. The molecule has 0 spiro atoms. The summed E-state index contributed by atoms with van der Waals surface area (Å²) in [6.45, 7) is 2.89. The third kappa shape index (κ3) is 3.89. The number of aromatic nitrogens is 9. The molecule has 0 saturated heterocycles. The smallest absolute Gasteiger partial charge is 0.206 e. The number of hydrogen-bond donors (Lipinski definition) is 1. The molecular weight excluding hydrogens is 506 g/mol. The zero-order valence-electron chi connectivity index (χ0n) is 19.1. The Bertz CT molecular complexity index is 1630. The van der Waals surface area contributed by atoms with E-state index in [0.717, 1.165) is 68.6 Å². The van der Waals surface area contributed by atoms with Crippen molar-refractivity contribution in [2.24, 2.45) is 0 Å². The van der Waals surface area contributed by atoms with E-state index in [1.165, 1.54) is 0 Å². The van der Waals surface area contributed by atoms with Crippen molar-refractivity contribution < 1.29 is 0 Å². The second-order valence-corrected chi connectivity index (χ2v) is 9.12. The number of nitrogens with one attached hydrogen (secondary N) is 1. The van der Waals surface area contributed by atoms with Gasteiger partial charge < -0.3 is 4.57 Å². The van der Waals surface area contributed by atoms with Gasteiger partial charge in [0.25, 0.3) is 0 Å². The Morgan fingerprint density at radius 3 is 2.80 bits per heavy atom. The number of aryl methyl sites for hydroxylation is 1. The van der Waals surface area contributed by atoms with Gasteiger partial charge in [-0.05, 0) is 69.5 Å². The predicted molar refractivity (Wildman–Crippen MR) is 137 cm³/mol. The number of H-pyrrole nitrogens is 1. The average Bonchev–Trinajstić information content (AvgIpc) is 3.62. The summed E-state index contributed by atoms with van der Waals surface area (Å²) >= 11 is 3.79. The Kier molecular flexibility index (Phi) is 5.57. The number of halogens is 1. The molecule has 6 aromatic rings. The van der Waals surface area contributed by atoms with Crippen molar-refractivity contribution in [1.29, 1.82) is 0 Å². The summed E-state index contributed by atoms with van der Waals surface area (Å²) in [6.07, 6.45) is 4.99. The minimum atomic E-state index is 0.520. The first kappa shape index (κ1) is 21.6. The topological polar surface area (TPSA) is 103 Å². The Hall–Kier alpha value is -3.92. The fraction of sp³-hybridized carbons (Fsp3) is 0.200. The highest BCUT2D eigenvalue weighted by Gasteiger charge is 2.17. The summed E-state index contributed by atoms with van der Waals surface area (Å²) in [4.78, 5) is 9.48. The van der Waals surface area contributed by atoms with E-state index >= 15 is 0 Å². The second-order valence-electron chi connectivity index (χ2n) is 8.37. The van der Waals surface area contributed by atoms with Gasteiger partial charge in [-0.25, -0.2) is 14.6 Å². The first-order valence-corrected chi connectivity index (χ1v) is 12.3. The quantitative estimate of drug-likeness (QED) is 0.309. The third-order valence-electron chi connectivity index (χ3n) is 6.07. The number of tetrazole rings is 1. The molecule has 4 heterocycles. The second kappa shape index (κ2) is 9.03. The zero-order chi connectivity index (χ0) is 23.8. The molecule has 0 radical (unpaired) electrons. The van der Waals surface area contributed by atoms with Crippen molar-refractivity contribution in [2.45, 2.75) is 32.7 Å². The maximum absolute atomic E-state index is 4.86. The standard InChI is InChI=1S/C25H22BrN9/c1-2-3-10-22-28-20-8-6-13-27-25(20)34(22)15-16-11-12-19-18(14-16)23(26)35(31-19)21-9-5-4-7-17(21)24-29-32-33-30-24/h4-9,11-14H,2-3,10,15H2,1H3,(H,29,30,32,33). The first-order chi connectivity index (χ1) is 17.2. The summed E-state index contributed by atoms with van der Waals surface area (Å²) in [5.74, 6) is 1.59. The SMILES string of the molecule is CCCCc1nc2cccnc2n1Cc1ccc2nn(-c3ccccc3-c3nn[nH]n3)c(Br)c2c1. The highest BCUT2D eigenvalue weighted by molar-refractivity contribution is 9.10. The number of nitrogens with zero attached hydrogens (tertiary/aromatic N) is 8. The fourth-order valence-corrected chi connectivity index (χ4v) is 4.95. The maximum atomic E-state index is 4.86. The molecule has 0 aliphatic rings. The van der Waals surface area contributed by atoms with Gasteiger partial charge in [0.05, 0.1) is 17.7 Å². The van der Waals surface area contributed by atoms with Gasteiger partial charge in [-0.3, -0.25) is 0 Å². The highest BCUT2D eigenvalue weighted by Crippen LogP contribution is 2.31. The number of imidazole rings is 1. The summed E-state index contributed by atoms with van der Waals surface area (Å²) in [6, 6.07) is 18.2. The molecule has 0 atom stereocenters. The molecule has 0 aliphatic heterocycles. The van der Waals surface area contributed by atoms with Gasteiger partial charge in [0, 0.05) is 23.6 Å². The maximum Gasteiger partial charge on any atom is 0.206 e. The van der Waals surface area contributed by atoms with Crippen LogP contribution in [0.5, 0.6) is 0 Å². The van der Waals surface area contributed by atoms with Gasteiger partial charge >= 0.3 is 0 Å². The van der Waals surface area contributed by atoms with Crippen LogP contribution in [-0.4, -0.2) is 44.9 Å². The molecule has 35 heavy (non-hydrogen) atoms. The van der Waals surface area contributed by atoms with Crippen LogP contribution < -0.4 is 0 Å². The normalized spacial score (nSPS) is 11.6. The molecule has 0 fully saturated rings. The lowest BCUT2D eigenvalue weighted by molar-refractivity contribution is 0.687. The number of fused-ring (bicyclic) bond motifs is 2. The lowest BCUT2D eigenvalue weighted by Crippen LogP contribution is -2.06. The molecule has 2 aromatic carbocycles. The van der Waals surface area contributed by atoms with E-state index in [0.29, 0.717) is 12.4 Å². The number of rotatable bonds is 7. The van der Waals surface area contributed by atoms with Crippen LogP contribution in [0.25, 0.3) is 39.1 Å². The number of hydrogen-bond acceptors (Lipinski definition) is 6. The first-order valence-electron chi connectivity index (χ1n) is 11.5. The largest absolute Gasteiger partial charge is 0.308 e. The van der Waals surface area contributed by atoms with Gasteiger partial charge in [0.2, 0.25) is 5.82 Å². The van der Waals surface area contributed by atoms with E-state index in [4.69, 9.17) is 10.1 Å². The van der Waals surface area contributed by atoms with Gasteiger partial charge in [0.15, 0.2) is 5.65 Å². The van der Waals surface area contributed by atoms with E-state index in [9.17, 15) is 0 Å². The molecule has 174 valence electrons. The summed E-state index contributed by atoms with van der Waals surface area (Å²) in [5.41, 5.74) is 5.61. The Balaban J connectivity index is 1.41. The van der Waals surface area contributed by atoms with Crippen molar-refractivity contribution >= 4 is 38.0 Å². The Morgan fingerprint density at radius 1 is 1.03 bits per heavy atom. The number of benzene rings is 2. The van der Waals surface area contributed by atoms with Gasteiger partial charge in [-0.1, -0.05) is 31.5 Å². The predicted octanol–water partition coefficient (Wildman–Crippen LogP) is 5.10. The van der Waals surface area contributed by atoms with Crippen molar-refractivity contribution in [2.75, 3.05) is 0 Å². The summed E-state index contributed by atoms with van der Waals surface area (Å²) < 4.78 is 4.97. The number of pyridine rings is 1. The number of unbranched alkanes of at least 4 members (excludes halogenated alkanes) is 1. The molecule has 9 nitrogen and oxygen atoms in total. The molecular formula is C25H22BrN9. The fourth-order valence-electron chi connectivity index (χ4n) is 4.36. The molecule has 6 rings (SSSR count). The van der Waals surface area contributed by atoms with E-state index < -0.39 is 0 Å². The number of aromatic amines is 1. The molecule has 0 unspecified atom stereocenters. The van der Waals surface area contributed by atoms with E-state index in [2.05, 4.69) is 71.2 Å². The molecule has 10 heteroatoms. The Morgan fingerprint density at radius 2 is 1.94 bits per heavy atom. The average molecular weight is 528 g/mol. The molecule has 4 aromatic heterocycles. The van der Waals surface area contributed by atoms with Crippen LogP contribution in [0.3, 0.4) is 0 Å². The van der Waals surface area contributed by atoms with Crippen molar-refractivity contribution in [1.82, 2.24) is 44.9 Å². The van der Waals surface area contributed by atoms with Gasteiger partial charge in [-0.15, -0.1) is 10.2 Å². The van der Waals surface area contributed by atoms with Gasteiger partial charge in [-0.2, -0.15) is 10.3 Å². The zero-order valence-corrected chi connectivity index (χ0v) is 20.6. The molecule has 0 saturated carbocycles. The van der Waals surface area contributed by atoms with E-state index in [1.807, 2.05) is 47.3 Å². The molecule has 0 amide bonds. The molecule has 1 N–H and O–H groups in total. The Labute approximate surface area is 209 Å². The van der Waals surface area contributed by atoms with Crippen LogP contribution in [0.1, 0.15) is 31.2 Å². The van der Waals surface area contributed by atoms with E-state index in [-0.39, 0.29) is 0 Å². The van der Waals surface area contributed by atoms with Crippen LogP contribution in [-0.2, 0) is 13.0 Å². The summed E-state index contributed by atoms with van der Waals surface area (Å²) in [5, 5.41) is 20.4. The lowest BCUT2D eigenvalue weighted by Gasteiger charge is -2.09. The third-order valence-corrected chi connectivity index (χ3v) is 6.84. The monoisotopic (exact) mass is 527 g/mol. The van der Waals surface area contributed by atoms with E-state index in [1.54, 1.807) is 0 Å². The molecule has 0 aliphatic carbocycles. The minimum absolute atomic E-state index is 0.520. The van der Waals surface area contributed by atoms with Crippen LogP contribution >= 0.6 is 15.9 Å². The van der Waals surface area contributed by atoms with Crippen molar-refractivity contribution in [3.05, 3.63) is 76.8 Å². The minimum Gasteiger partial charge on any atom is -0.308 e. The highest BCUT2D eigenvalue weighted by atomic mass is 79.9. The van der Waals surface area contributed by atoms with Crippen LogP contribution in [0, 0.1) is 0 Å². The van der Waals surface area contributed by atoms with Crippen LogP contribution in [0.15, 0.2) is 65.4 Å². The van der Waals surface area contributed by atoms with Crippen molar-refractivity contribution in [3.8, 4) is 17.1 Å². The summed E-state index contributed by atoms with van der Waals surface area (Å²) in [7, 11) is 0. The van der Waals surface area contributed by atoms with Gasteiger partial charge in [0.1, 0.15) is 15.9 Å². The lowest BCUT2D eigenvalue weighted by atomic mass is 10.1. The van der Waals surface area contributed by atoms with Crippen LogP contribution in [0.4, 0.5) is 0 Å².